The van der Waals surface area contributed by atoms with Gasteiger partial charge in [0.1, 0.15) is 0 Å². The fourth-order valence-electron chi connectivity index (χ4n) is 1.70. The van der Waals surface area contributed by atoms with Crippen molar-refractivity contribution in [3.8, 4) is 0 Å². The van der Waals surface area contributed by atoms with Crippen LogP contribution in [0.25, 0.3) is 0 Å². The largest absolute Gasteiger partial charge is 0.340 e. The number of carbonyl (C=O) groups excluding carboxylic acids is 1. The second-order valence-electron chi connectivity index (χ2n) is 4.24. The van der Waals surface area contributed by atoms with E-state index >= 15 is 0 Å². The maximum atomic E-state index is 13.0. The van der Waals surface area contributed by atoms with Gasteiger partial charge in [-0.05, 0) is 17.7 Å². The summed E-state index contributed by atoms with van der Waals surface area (Å²) in [5, 5.41) is 3.07. The molecule has 0 atom stereocenters. The number of benzene rings is 1. The third-order valence-corrected chi connectivity index (χ3v) is 3.04. The summed E-state index contributed by atoms with van der Waals surface area (Å²) in [7, 11) is 1.73. The Bertz CT molecular complexity index is 438. The molecule has 0 bridgehead atoms. The number of amides is 1. The number of hydrogen-bond donors (Lipinski definition) is 1. The van der Waals surface area contributed by atoms with E-state index < -0.39 is 11.6 Å². The summed E-state index contributed by atoms with van der Waals surface area (Å²) in [6.45, 7) is 1.58. The Labute approximate surface area is 111 Å². The second kappa shape index (κ2) is 6.11. The quantitative estimate of drug-likeness (QED) is 0.904. The predicted molar refractivity (Wildman–Crippen MR) is 66.7 cm³/mol. The standard InChI is InChI=1S/C12H14F2N2O.ClH/c1-16(9-6-15-7-9)12(17)5-8-2-3-10(13)11(14)4-8;/h2-4,9,15H,5-7H2,1H3;1H. The van der Waals surface area contributed by atoms with Crippen molar-refractivity contribution in [2.45, 2.75) is 12.5 Å². The van der Waals surface area contributed by atoms with Crippen LogP contribution in [0, 0.1) is 11.6 Å². The van der Waals surface area contributed by atoms with E-state index in [0.717, 1.165) is 25.2 Å². The monoisotopic (exact) mass is 276 g/mol. The highest BCUT2D eigenvalue weighted by Crippen LogP contribution is 2.11. The number of likely N-dealkylation sites (N-methyl/N-ethyl adjacent to an activating group) is 1. The lowest BCUT2D eigenvalue weighted by Gasteiger charge is -2.35. The van der Waals surface area contributed by atoms with Crippen molar-refractivity contribution in [1.82, 2.24) is 10.2 Å². The van der Waals surface area contributed by atoms with Gasteiger partial charge in [0.15, 0.2) is 11.6 Å². The Morgan fingerprint density at radius 3 is 2.56 bits per heavy atom. The van der Waals surface area contributed by atoms with E-state index in [4.69, 9.17) is 0 Å². The second-order valence-corrected chi connectivity index (χ2v) is 4.24. The minimum Gasteiger partial charge on any atom is -0.340 e. The number of hydrogen-bond acceptors (Lipinski definition) is 2. The highest BCUT2D eigenvalue weighted by molar-refractivity contribution is 5.85. The predicted octanol–water partition coefficient (Wildman–Crippen LogP) is 1.36. The molecular weight excluding hydrogens is 262 g/mol. The van der Waals surface area contributed by atoms with Crippen LogP contribution in [0.5, 0.6) is 0 Å². The number of nitrogens with one attached hydrogen (secondary N) is 1. The van der Waals surface area contributed by atoms with Crippen LogP contribution in [-0.2, 0) is 11.2 Å². The molecule has 1 amide bonds. The van der Waals surface area contributed by atoms with Crippen LogP contribution in [-0.4, -0.2) is 37.0 Å². The third-order valence-electron chi connectivity index (χ3n) is 3.04. The van der Waals surface area contributed by atoms with E-state index in [1.54, 1.807) is 11.9 Å². The first-order valence-electron chi connectivity index (χ1n) is 5.48. The summed E-state index contributed by atoms with van der Waals surface area (Å²) in [6, 6.07) is 3.76. The average Bonchev–Trinajstić information content (AvgIpc) is 2.21. The van der Waals surface area contributed by atoms with Crippen molar-refractivity contribution < 1.29 is 13.6 Å². The summed E-state index contributed by atoms with van der Waals surface area (Å²) in [5.41, 5.74) is 0.494. The van der Waals surface area contributed by atoms with Gasteiger partial charge in [-0.3, -0.25) is 4.79 Å². The number of halogens is 3. The van der Waals surface area contributed by atoms with Crippen molar-refractivity contribution in [3.05, 3.63) is 35.4 Å². The van der Waals surface area contributed by atoms with Crippen LogP contribution in [0.4, 0.5) is 8.78 Å². The van der Waals surface area contributed by atoms with Gasteiger partial charge in [-0.15, -0.1) is 12.4 Å². The van der Waals surface area contributed by atoms with Gasteiger partial charge in [0.05, 0.1) is 12.5 Å². The van der Waals surface area contributed by atoms with Gasteiger partial charge >= 0.3 is 0 Å². The molecule has 18 heavy (non-hydrogen) atoms. The molecule has 1 saturated heterocycles. The number of rotatable bonds is 3. The molecule has 0 aliphatic carbocycles. The summed E-state index contributed by atoms with van der Waals surface area (Å²) >= 11 is 0. The fourth-order valence-corrected chi connectivity index (χ4v) is 1.70. The van der Waals surface area contributed by atoms with Crippen molar-refractivity contribution >= 4 is 18.3 Å². The molecule has 0 spiro atoms. The maximum Gasteiger partial charge on any atom is 0.227 e. The first kappa shape index (κ1) is 14.9. The summed E-state index contributed by atoms with van der Waals surface area (Å²) < 4.78 is 25.7. The zero-order valence-corrected chi connectivity index (χ0v) is 10.8. The number of carbonyl (C=O) groups is 1. The van der Waals surface area contributed by atoms with E-state index in [1.807, 2.05) is 0 Å². The minimum atomic E-state index is -0.914. The summed E-state index contributed by atoms with van der Waals surface area (Å²) in [6.07, 6.45) is 0.101. The molecule has 1 aromatic rings. The van der Waals surface area contributed by atoms with Crippen molar-refractivity contribution in [2.24, 2.45) is 0 Å². The van der Waals surface area contributed by atoms with E-state index in [9.17, 15) is 13.6 Å². The Hall–Kier alpha value is -1.20. The molecular formula is C12H15ClF2N2O. The van der Waals surface area contributed by atoms with Crippen LogP contribution >= 0.6 is 12.4 Å². The lowest BCUT2D eigenvalue weighted by molar-refractivity contribution is -0.132. The highest BCUT2D eigenvalue weighted by atomic mass is 35.5. The zero-order chi connectivity index (χ0) is 12.4. The minimum absolute atomic E-state index is 0. The molecule has 3 nitrogen and oxygen atoms in total. The normalized spacial score (nSPS) is 14.6. The fraction of sp³-hybridized carbons (Fsp3) is 0.417. The van der Waals surface area contributed by atoms with Gasteiger partial charge in [0, 0.05) is 20.1 Å². The van der Waals surface area contributed by atoms with Gasteiger partial charge in [-0.2, -0.15) is 0 Å². The van der Waals surface area contributed by atoms with Gasteiger partial charge in [0.25, 0.3) is 0 Å². The third kappa shape index (κ3) is 3.17. The van der Waals surface area contributed by atoms with Gasteiger partial charge < -0.3 is 10.2 Å². The van der Waals surface area contributed by atoms with Crippen molar-refractivity contribution in [3.63, 3.8) is 0 Å². The molecule has 100 valence electrons. The lowest BCUT2D eigenvalue weighted by atomic mass is 10.1. The molecule has 1 heterocycles. The van der Waals surface area contributed by atoms with Crippen LogP contribution < -0.4 is 5.32 Å². The molecule has 1 aliphatic heterocycles. The van der Waals surface area contributed by atoms with Crippen molar-refractivity contribution in [2.75, 3.05) is 20.1 Å². The van der Waals surface area contributed by atoms with Crippen LogP contribution in [0.15, 0.2) is 18.2 Å². The first-order chi connectivity index (χ1) is 8.08. The first-order valence-corrected chi connectivity index (χ1v) is 5.48. The molecule has 1 aliphatic rings. The smallest absolute Gasteiger partial charge is 0.227 e. The topological polar surface area (TPSA) is 32.3 Å². The molecule has 1 fully saturated rings. The van der Waals surface area contributed by atoms with Crippen LogP contribution in [0.1, 0.15) is 5.56 Å². The van der Waals surface area contributed by atoms with Crippen LogP contribution in [0.2, 0.25) is 0 Å². The van der Waals surface area contributed by atoms with E-state index in [0.29, 0.717) is 5.56 Å². The van der Waals surface area contributed by atoms with E-state index in [-0.39, 0.29) is 30.8 Å². The summed E-state index contributed by atoms with van der Waals surface area (Å²) in [5.74, 6) is -1.89. The van der Waals surface area contributed by atoms with Crippen LogP contribution in [0.3, 0.4) is 0 Å². The Morgan fingerprint density at radius 2 is 2.06 bits per heavy atom. The Balaban J connectivity index is 0.00000162. The molecule has 0 unspecified atom stereocenters. The van der Waals surface area contributed by atoms with Gasteiger partial charge in [-0.25, -0.2) is 8.78 Å². The van der Waals surface area contributed by atoms with E-state index in [2.05, 4.69) is 5.32 Å². The van der Waals surface area contributed by atoms with Crippen molar-refractivity contribution in [1.29, 1.82) is 0 Å². The molecule has 1 aromatic carbocycles. The molecule has 0 radical (unpaired) electrons. The molecule has 0 saturated carbocycles. The average molecular weight is 277 g/mol. The molecule has 2 rings (SSSR count). The Kier molecular flexibility index (Phi) is 5.04. The molecule has 6 heteroatoms. The molecule has 0 aromatic heterocycles. The maximum absolute atomic E-state index is 13.0. The summed E-state index contributed by atoms with van der Waals surface area (Å²) in [4.78, 5) is 13.5. The number of nitrogens with zero attached hydrogens (tertiary/aromatic N) is 1. The SMILES string of the molecule is CN(C(=O)Cc1ccc(F)c(F)c1)C1CNC1.Cl. The molecule has 1 N–H and O–H groups in total. The Morgan fingerprint density at radius 1 is 1.39 bits per heavy atom. The van der Waals surface area contributed by atoms with Gasteiger partial charge in [0.2, 0.25) is 5.91 Å². The lowest BCUT2D eigenvalue weighted by Crippen LogP contribution is -2.57. The van der Waals surface area contributed by atoms with E-state index in [1.165, 1.54) is 6.07 Å². The zero-order valence-electron chi connectivity index (χ0n) is 9.95. The highest BCUT2D eigenvalue weighted by Gasteiger charge is 2.25. The van der Waals surface area contributed by atoms with Gasteiger partial charge in [-0.1, -0.05) is 6.07 Å².